The third kappa shape index (κ3) is 7.66. The lowest BCUT2D eigenvalue weighted by molar-refractivity contribution is 0.196. The predicted octanol–water partition coefficient (Wildman–Crippen LogP) is 5.05. The Hall–Kier alpha value is -1.83. The first-order chi connectivity index (χ1) is 14.1. The quantitative estimate of drug-likeness (QED) is 0.252. The van der Waals surface area contributed by atoms with E-state index in [-0.39, 0.29) is 10.2 Å². The number of ether oxygens (including phenoxy) is 2. The lowest BCUT2D eigenvalue weighted by atomic mass is 9.85. The third-order valence-electron chi connectivity index (χ3n) is 5.86. The number of hydrogen-bond donors (Lipinski definition) is 3. The van der Waals surface area contributed by atoms with Gasteiger partial charge in [-0.2, -0.15) is 0 Å². The molecule has 0 amide bonds. The van der Waals surface area contributed by atoms with E-state index >= 15 is 0 Å². The van der Waals surface area contributed by atoms with Crippen LogP contribution in [-0.4, -0.2) is 29.1 Å². The van der Waals surface area contributed by atoms with Crippen LogP contribution in [0.15, 0.2) is 40.8 Å². The van der Waals surface area contributed by atoms with Gasteiger partial charge in [-0.25, -0.2) is 0 Å². The molecule has 0 aliphatic rings. The Kier molecular flexibility index (Phi) is 9.35. The minimum absolute atomic E-state index is 0.118. The highest BCUT2D eigenvalue weighted by Gasteiger charge is 2.39. The molecule has 1 rings (SSSR count). The van der Waals surface area contributed by atoms with Crippen LogP contribution in [0.2, 0.25) is 18.1 Å². The van der Waals surface area contributed by atoms with Crippen LogP contribution in [0.1, 0.15) is 40.2 Å². The minimum Gasteiger partial charge on any atom is -0.497 e. The van der Waals surface area contributed by atoms with Gasteiger partial charge in [-0.1, -0.05) is 46.2 Å². The van der Waals surface area contributed by atoms with Gasteiger partial charge in [0.1, 0.15) is 16.7 Å². The second-order valence-corrected chi connectivity index (χ2v) is 15.0. The Bertz CT molecular complexity index is 811. The molecule has 5 N–H and O–H groups in total. The van der Waals surface area contributed by atoms with Crippen molar-refractivity contribution in [3.05, 3.63) is 46.4 Å². The molecule has 8 heteroatoms. The van der Waals surface area contributed by atoms with Gasteiger partial charge in [0.2, 0.25) is 0 Å². The average Bonchev–Trinajstić information content (AvgIpc) is 2.67. The Morgan fingerprint density at radius 1 is 1.10 bits per heavy atom. The van der Waals surface area contributed by atoms with E-state index in [0.717, 1.165) is 22.6 Å². The Balaban J connectivity index is 2.97. The van der Waals surface area contributed by atoms with Gasteiger partial charge in [-0.3, -0.25) is 0 Å². The first kappa shape index (κ1) is 27.2. The van der Waals surface area contributed by atoms with Crippen molar-refractivity contribution >= 4 is 19.9 Å². The van der Waals surface area contributed by atoms with E-state index < -0.39 is 13.7 Å². The number of halogens is 1. The molecule has 6 nitrogen and oxygen atoms in total. The molecule has 0 saturated heterocycles. The summed E-state index contributed by atoms with van der Waals surface area (Å²) in [5.74, 6) is 1.90. The number of methoxy groups -OCH3 is 2. The second-order valence-electron chi connectivity index (χ2n) is 9.83. The zero-order chi connectivity index (χ0) is 24.0. The third-order valence-corrected chi connectivity index (χ3v) is 10.5. The maximum absolute atomic E-state index is 6.42. The predicted molar refractivity (Wildman–Crippen MR) is 133 cm³/mol. The number of rotatable bonds is 10. The van der Waals surface area contributed by atoms with Crippen molar-refractivity contribution in [3.63, 3.8) is 0 Å². The molecule has 0 aliphatic carbocycles. The van der Waals surface area contributed by atoms with Crippen LogP contribution >= 0.6 is 11.6 Å². The van der Waals surface area contributed by atoms with Crippen LogP contribution in [0.4, 0.5) is 0 Å². The molecular weight excluding hydrogens is 430 g/mol. The zero-order valence-corrected chi connectivity index (χ0v) is 22.2. The number of benzene rings is 1. The normalized spacial score (nSPS) is 14.2. The van der Waals surface area contributed by atoms with Crippen LogP contribution in [0.3, 0.4) is 0 Å². The van der Waals surface area contributed by atoms with Crippen molar-refractivity contribution in [1.82, 2.24) is 5.32 Å². The fourth-order valence-electron chi connectivity index (χ4n) is 2.64. The fraction of sp³-hybridized carbons (Fsp3) is 0.565. The molecule has 0 saturated carbocycles. The molecule has 0 aliphatic heterocycles. The molecule has 0 atom stereocenters. The fourth-order valence-corrected chi connectivity index (χ4v) is 4.11. The van der Waals surface area contributed by atoms with Crippen molar-refractivity contribution in [2.24, 2.45) is 16.9 Å². The summed E-state index contributed by atoms with van der Waals surface area (Å²) < 4.78 is 17.1. The molecular formula is C23H40ClN3O3Si. The Morgan fingerprint density at radius 2 is 1.71 bits per heavy atom. The van der Waals surface area contributed by atoms with Gasteiger partial charge in [0.25, 0.3) is 0 Å². The molecule has 1 aromatic rings. The van der Waals surface area contributed by atoms with Crippen molar-refractivity contribution in [2.75, 3.05) is 20.8 Å². The average molecular weight is 470 g/mol. The number of nitrogens with two attached hydrogens (primary N) is 2. The molecule has 0 radical (unpaired) electrons. The number of nitrogens with one attached hydrogen (secondary N) is 1. The molecule has 0 aromatic heterocycles. The van der Waals surface area contributed by atoms with Crippen LogP contribution < -0.4 is 26.3 Å². The van der Waals surface area contributed by atoms with Gasteiger partial charge < -0.3 is 30.7 Å². The van der Waals surface area contributed by atoms with E-state index in [9.17, 15) is 0 Å². The standard InChI is InChI=1S/C23H40ClN3O3Si/c1-22(2,3)31(8,9)30-15-23(4,5)18(21(24)26)13-20(25)27-14-16-10-11-17(28-6)12-19(16)29-7/h10-13,27H,14-15,25-26H2,1-9H3/b20-13+,21-18+. The summed E-state index contributed by atoms with van der Waals surface area (Å²) in [5, 5.41) is 3.53. The molecule has 0 bridgehead atoms. The Morgan fingerprint density at radius 3 is 2.19 bits per heavy atom. The van der Waals surface area contributed by atoms with Crippen LogP contribution in [0.25, 0.3) is 0 Å². The Labute approximate surface area is 194 Å². The van der Waals surface area contributed by atoms with Gasteiger partial charge in [0, 0.05) is 30.2 Å². The first-order valence-electron chi connectivity index (χ1n) is 10.4. The molecule has 0 fully saturated rings. The molecule has 0 unspecified atom stereocenters. The molecule has 0 spiro atoms. The monoisotopic (exact) mass is 469 g/mol. The summed E-state index contributed by atoms with van der Waals surface area (Å²) in [4.78, 5) is 0. The van der Waals surface area contributed by atoms with Crippen molar-refractivity contribution in [3.8, 4) is 11.5 Å². The van der Waals surface area contributed by atoms with Gasteiger partial charge in [0.05, 0.1) is 20.0 Å². The largest absolute Gasteiger partial charge is 0.497 e. The number of hydrogen-bond acceptors (Lipinski definition) is 6. The molecule has 1 aromatic carbocycles. The first-order valence-corrected chi connectivity index (χ1v) is 13.6. The summed E-state index contributed by atoms with van der Waals surface area (Å²) in [6.45, 7) is 16.2. The van der Waals surface area contributed by atoms with Gasteiger partial charge in [-0.05, 0) is 41.9 Å². The highest BCUT2D eigenvalue weighted by atomic mass is 35.5. The van der Waals surface area contributed by atoms with Crippen molar-refractivity contribution in [2.45, 2.75) is 59.3 Å². The lowest BCUT2D eigenvalue weighted by Gasteiger charge is -2.39. The SMILES string of the molecule is COc1ccc(CN/C(N)=C/C(=C(\N)Cl)C(C)(C)CO[Si](C)(C)C(C)(C)C)c(OC)c1. The molecule has 176 valence electrons. The van der Waals surface area contributed by atoms with E-state index in [1.54, 1.807) is 20.3 Å². The topological polar surface area (TPSA) is 91.8 Å². The maximum atomic E-state index is 6.42. The minimum atomic E-state index is -1.91. The van der Waals surface area contributed by atoms with E-state index in [0.29, 0.717) is 19.0 Å². The van der Waals surface area contributed by atoms with E-state index in [1.165, 1.54) is 0 Å². The molecule has 31 heavy (non-hydrogen) atoms. The summed E-state index contributed by atoms with van der Waals surface area (Å²) >= 11 is 6.26. The zero-order valence-electron chi connectivity index (χ0n) is 20.5. The lowest BCUT2D eigenvalue weighted by Crippen LogP contribution is -2.43. The second kappa shape index (κ2) is 10.7. The summed E-state index contributed by atoms with van der Waals surface area (Å²) in [5.41, 5.74) is 13.6. The van der Waals surface area contributed by atoms with Crippen molar-refractivity contribution in [1.29, 1.82) is 0 Å². The van der Waals surface area contributed by atoms with Gasteiger partial charge >= 0.3 is 0 Å². The van der Waals surface area contributed by atoms with E-state index in [1.807, 2.05) is 18.2 Å². The maximum Gasteiger partial charge on any atom is 0.192 e. The van der Waals surface area contributed by atoms with Gasteiger partial charge in [0.15, 0.2) is 8.32 Å². The van der Waals surface area contributed by atoms with Crippen LogP contribution in [0, 0.1) is 5.41 Å². The van der Waals surface area contributed by atoms with E-state index in [4.69, 9.17) is 37.0 Å². The van der Waals surface area contributed by atoms with Crippen LogP contribution in [0.5, 0.6) is 11.5 Å². The van der Waals surface area contributed by atoms with Crippen molar-refractivity contribution < 1.29 is 13.9 Å². The van der Waals surface area contributed by atoms with Gasteiger partial charge in [-0.15, -0.1) is 0 Å². The highest BCUT2D eigenvalue weighted by Crippen LogP contribution is 2.39. The summed E-state index contributed by atoms with van der Waals surface area (Å²) in [7, 11) is 1.33. The highest BCUT2D eigenvalue weighted by molar-refractivity contribution is 6.74. The summed E-state index contributed by atoms with van der Waals surface area (Å²) in [6, 6.07) is 5.64. The summed E-state index contributed by atoms with van der Waals surface area (Å²) in [6.07, 6.45) is 1.79. The van der Waals surface area contributed by atoms with Crippen LogP contribution in [-0.2, 0) is 11.0 Å². The van der Waals surface area contributed by atoms with E-state index in [2.05, 4.69) is 53.0 Å². The molecule has 0 heterocycles. The number of allylic oxidation sites excluding steroid dienone is 1. The smallest absolute Gasteiger partial charge is 0.192 e.